The minimum atomic E-state index is 0.737. The minimum Gasteiger partial charge on any atom is -0.314 e. The van der Waals surface area contributed by atoms with Crippen LogP contribution in [0.15, 0.2) is 24.4 Å². The summed E-state index contributed by atoms with van der Waals surface area (Å²) in [5.74, 6) is 1.79. The molecule has 1 fully saturated rings. The van der Waals surface area contributed by atoms with Crippen molar-refractivity contribution in [1.29, 1.82) is 0 Å². The molecule has 1 saturated carbocycles. The molecule has 1 aromatic rings. The van der Waals surface area contributed by atoms with E-state index in [9.17, 15) is 0 Å². The Balaban J connectivity index is 1.68. The van der Waals surface area contributed by atoms with Crippen molar-refractivity contribution in [3.63, 3.8) is 0 Å². The highest BCUT2D eigenvalue weighted by atomic mass is 14.9. The molecule has 0 spiro atoms. The van der Waals surface area contributed by atoms with Gasteiger partial charge in [0.1, 0.15) is 0 Å². The monoisotopic (exact) mass is 260 g/mol. The predicted molar refractivity (Wildman–Crippen MR) is 81.1 cm³/mol. The third-order valence-corrected chi connectivity index (χ3v) is 4.13. The molecule has 2 nitrogen and oxygen atoms in total. The van der Waals surface area contributed by atoms with E-state index in [0.717, 1.165) is 30.8 Å². The van der Waals surface area contributed by atoms with Crippen molar-refractivity contribution in [3.8, 4) is 0 Å². The number of nitrogens with zero attached hydrogens (tertiary/aromatic N) is 1. The van der Waals surface area contributed by atoms with Crippen LogP contribution in [0.1, 0.15) is 51.6 Å². The topological polar surface area (TPSA) is 24.9 Å². The fraction of sp³-hybridized carbons (Fsp3) is 0.706. The van der Waals surface area contributed by atoms with Gasteiger partial charge in [-0.25, -0.2) is 0 Å². The first kappa shape index (κ1) is 14.5. The summed E-state index contributed by atoms with van der Waals surface area (Å²) in [5, 5.41) is 3.73. The number of aromatic nitrogens is 1. The van der Waals surface area contributed by atoms with Gasteiger partial charge in [-0.3, -0.25) is 4.98 Å². The summed E-state index contributed by atoms with van der Waals surface area (Å²) in [6.07, 6.45) is 9.91. The smallest absolute Gasteiger partial charge is 0.0416 e. The molecule has 2 unspecified atom stereocenters. The molecule has 2 rings (SSSR count). The lowest BCUT2D eigenvalue weighted by molar-refractivity contribution is 0.253. The number of hydrogen-bond acceptors (Lipinski definition) is 2. The molecule has 1 aliphatic carbocycles. The molecular formula is C17H28N2. The highest BCUT2D eigenvalue weighted by molar-refractivity contribution is 5.03. The SMILES string of the molecule is CC(C)CC1CCCC(NCCc2ccccn2)C1. The van der Waals surface area contributed by atoms with E-state index in [4.69, 9.17) is 0 Å². The summed E-state index contributed by atoms with van der Waals surface area (Å²) >= 11 is 0. The number of nitrogens with one attached hydrogen (secondary N) is 1. The lowest BCUT2D eigenvalue weighted by Gasteiger charge is -2.30. The van der Waals surface area contributed by atoms with Crippen LogP contribution in [0.5, 0.6) is 0 Å². The molecule has 1 N–H and O–H groups in total. The summed E-state index contributed by atoms with van der Waals surface area (Å²) in [6, 6.07) is 6.90. The summed E-state index contributed by atoms with van der Waals surface area (Å²) in [6.45, 7) is 5.76. The van der Waals surface area contributed by atoms with Crippen molar-refractivity contribution < 1.29 is 0 Å². The maximum atomic E-state index is 4.38. The molecule has 0 aliphatic heterocycles. The number of pyridine rings is 1. The van der Waals surface area contributed by atoms with Crippen molar-refractivity contribution in [1.82, 2.24) is 10.3 Å². The van der Waals surface area contributed by atoms with E-state index in [0.29, 0.717) is 0 Å². The van der Waals surface area contributed by atoms with E-state index in [1.807, 2.05) is 12.3 Å². The standard InChI is InChI=1S/C17H28N2/c1-14(2)12-15-6-5-8-17(13-15)19-11-9-16-7-3-4-10-18-16/h3-4,7,10,14-15,17,19H,5-6,8-9,11-13H2,1-2H3. The van der Waals surface area contributed by atoms with Crippen LogP contribution in [-0.2, 0) is 6.42 Å². The molecule has 0 aromatic carbocycles. The Morgan fingerprint density at radius 3 is 2.95 bits per heavy atom. The van der Waals surface area contributed by atoms with Crippen molar-refractivity contribution in [2.24, 2.45) is 11.8 Å². The number of rotatable bonds is 6. The minimum absolute atomic E-state index is 0.737. The van der Waals surface area contributed by atoms with Crippen LogP contribution in [0, 0.1) is 11.8 Å². The lowest BCUT2D eigenvalue weighted by Crippen LogP contribution is -2.35. The van der Waals surface area contributed by atoms with Crippen LogP contribution in [0.2, 0.25) is 0 Å². The Hall–Kier alpha value is -0.890. The van der Waals surface area contributed by atoms with Gasteiger partial charge in [0.15, 0.2) is 0 Å². The average molecular weight is 260 g/mol. The highest BCUT2D eigenvalue weighted by Crippen LogP contribution is 2.29. The predicted octanol–water partition coefficient (Wildman–Crippen LogP) is 3.82. The van der Waals surface area contributed by atoms with Gasteiger partial charge < -0.3 is 5.32 Å². The fourth-order valence-electron chi connectivity index (χ4n) is 3.31. The molecular weight excluding hydrogens is 232 g/mol. The van der Waals surface area contributed by atoms with Crippen LogP contribution in [-0.4, -0.2) is 17.6 Å². The van der Waals surface area contributed by atoms with Crippen LogP contribution in [0.25, 0.3) is 0 Å². The zero-order valence-electron chi connectivity index (χ0n) is 12.4. The maximum Gasteiger partial charge on any atom is 0.0416 e. The van der Waals surface area contributed by atoms with E-state index in [1.54, 1.807) is 0 Å². The maximum absolute atomic E-state index is 4.38. The normalized spacial score (nSPS) is 23.7. The van der Waals surface area contributed by atoms with Crippen LogP contribution in [0.4, 0.5) is 0 Å². The van der Waals surface area contributed by atoms with Gasteiger partial charge in [0.2, 0.25) is 0 Å². The third-order valence-electron chi connectivity index (χ3n) is 4.13. The first-order chi connectivity index (χ1) is 9.24. The van der Waals surface area contributed by atoms with Gasteiger partial charge in [0.05, 0.1) is 0 Å². The summed E-state index contributed by atoms with van der Waals surface area (Å²) in [4.78, 5) is 4.38. The fourth-order valence-corrected chi connectivity index (χ4v) is 3.31. The van der Waals surface area contributed by atoms with Gasteiger partial charge in [0, 0.05) is 30.9 Å². The van der Waals surface area contributed by atoms with E-state index in [1.165, 1.54) is 37.8 Å². The number of hydrogen-bond donors (Lipinski definition) is 1. The van der Waals surface area contributed by atoms with E-state index in [-0.39, 0.29) is 0 Å². The molecule has 0 bridgehead atoms. The van der Waals surface area contributed by atoms with Gasteiger partial charge in [0.25, 0.3) is 0 Å². The average Bonchev–Trinajstić information content (AvgIpc) is 2.40. The van der Waals surface area contributed by atoms with Gasteiger partial charge >= 0.3 is 0 Å². The van der Waals surface area contributed by atoms with Crippen LogP contribution >= 0.6 is 0 Å². The van der Waals surface area contributed by atoms with Crippen molar-refractivity contribution in [2.75, 3.05) is 6.54 Å². The first-order valence-electron chi connectivity index (χ1n) is 7.87. The molecule has 1 heterocycles. The van der Waals surface area contributed by atoms with Crippen molar-refractivity contribution in [2.45, 2.75) is 58.4 Å². The first-order valence-corrected chi connectivity index (χ1v) is 7.87. The summed E-state index contributed by atoms with van der Waals surface area (Å²) in [5.41, 5.74) is 1.20. The second kappa shape index (κ2) is 7.64. The van der Waals surface area contributed by atoms with Crippen molar-refractivity contribution >= 4 is 0 Å². The third kappa shape index (κ3) is 5.32. The van der Waals surface area contributed by atoms with Crippen LogP contribution in [0.3, 0.4) is 0 Å². The zero-order valence-corrected chi connectivity index (χ0v) is 12.4. The molecule has 0 saturated heterocycles. The second-order valence-electron chi connectivity index (χ2n) is 6.38. The second-order valence-corrected chi connectivity index (χ2v) is 6.38. The Morgan fingerprint density at radius 2 is 2.21 bits per heavy atom. The molecule has 19 heavy (non-hydrogen) atoms. The van der Waals surface area contributed by atoms with Gasteiger partial charge in [-0.15, -0.1) is 0 Å². The van der Waals surface area contributed by atoms with Gasteiger partial charge in [-0.1, -0.05) is 32.8 Å². The summed E-state index contributed by atoms with van der Waals surface area (Å²) in [7, 11) is 0. The zero-order chi connectivity index (χ0) is 13.5. The molecule has 2 heteroatoms. The van der Waals surface area contributed by atoms with Crippen molar-refractivity contribution in [3.05, 3.63) is 30.1 Å². The molecule has 1 aliphatic rings. The highest BCUT2D eigenvalue weighted by Gasteiger charge is 2.21. The molecule has 106 valence electrons. The van der Waals surface area contributed by atoms with E-state index >= 15 is 0 Å². The van der Waals surface area contributed by atoms with E-state index < -0.39 is 0 Å². The Labute approximate surface area is 118 Å². The Kier molecular flexibility index (Phi) is 5.84. The molecule has 1 aromatic heterocycles. The van der Waals surface area contributed by atoms with Gasteiger partial charge in [-0.05, 0) is 43.2 Å². The lowest BCUT2D eigenvalue weighted by atomic mass is 9.81. The quantitative estimate of drug-likeness (QED) is 0.841. The molecule has 2 atom stereocenters. The molecule has 0 amide bonds. The van der Waals surface area contributed by atoms with Crippen LogP contribution < -0.4 is 5.32 Å². The summed E-state index contributed by atoms with van der Waals surface area (Å²) < 4.78 is 0. The Bertz CT molecular complexity index is 348. The largest absolute Gasteiger partial charge is 0.314 e. The Morgan fingerprint density at radius 1 is 1.32 bits per heavy atom. The molecule has 0 radical (unpaired) electrons. The van der Waals surface area contributed by atoms with Gasteiger partial charge in [-0.2, -0.15) is 0 Å². The van der Waals surface area contributed by atoms with E-state index in [2.05, 4.69) is 36.3 Å².